The molecule has 0 saturated carbocycles. The van der Waals surface area contributed by atoms with Crippen LogP contribution in [0.3, 0.4) is 0 Å². The van der Waals surface area contributed by atoms with Crippen molar-refractivity contribution in [1.82, 2.24) is 4.90 Å². The monoisotopic (exact) mass is 351 g/mol. The van der Waals surface area contributed by atoms with Crippen LogP contribution < -0.4 is 0 Å². The Labute approximate surface area is 153 Å². The molecule has 0 N–H and O–H groups in total. The van der Waals surface area contributed by atoms with Crippen LogP contribution in [0.1, 0.15) is 47.4 Å². The van der Waals surface area contributed by atoms with Crippen molar-refractivity contribution in [2.75, 3.05) is 19.6 Å². The van der Waals surface area contributed by atoms with Crippen molar-refractivity contribution in [1.29, 1.82) is 0 Å². The molecule has 3 aliphatic rings. The molecule has 3 heteroatoms. The normalized spacial score (nSPS) is 28.0. The summed E-state index contributed by atoms with van der Waals surface area (Å²) in [4.78, 5) is 13.6. The molecular formula is C22H22ClNO. The van der Waals surface area contributed by atoms with Crippen LogP contribution in [0.5, 0.6) is 0 Å². The highest BCUT2D eigenvalue weighted by molar-refractivity contribution is 6.30. The van der Waals surface area contributed by atoms with Gasteiger partial charge in [0.2, 0.25) is 0 Å². The Bertz CT molecular complexity index is 840. The summed E-state index contributed by atoms with van der Waals surface area (Å²) in [5, 5.41) is 0.836. The average molecular weight is 352 g/mol. The van der Waals surface area contributed by atoms with E-state index < -0.39 is 0 Å². The Balaban J connectivity index is 1.56. The fourth-order valence-corrected chi connectivity index (χ4v) is 5.62. The quantitative estimate of drug-likeness (QED) is 0.764. The molecule has 0 radical (unpaired) electrons. The van der Waals surface area contributed by atoms with Crippen molar-refractivity contribution in [3.8, 4) is 0 Å². The van der Waals surface area contributed by atoms with E-state index >= 15 is 0 Å². The molecule has 0 amide bonds. The van der Waals surface area contributed by atoms with Crippen molar-refractivity contribution in [3.05, 3.63) is 69.7 Å². The molecule has 2 aliphatic carbocycles. The highest BCUT2D eigenvalue weighted by Gasteiger charge is 2.53. The fraction of sp³-hybridized carbons (Fsp3) is 0.409. The maximum Gasteiger partial charge on any atom is 0.123 e. The van der Waals surface area contributed by atoms with Gasteiger partial charge in [-0.3, -0.25) is 0 Å². The van der Waals surface area contributed by atoms with Crippen LogP contribution >= 0.6 is 11.6 Å². The van der Waals surface area contributed by atoms with Crippen LogP contribution in [-0.4, -0.2) is 30.8 Å². The number of piperidine rings is 1. The summed E-state index contributed by atoms with van der Waals surface area (Å²) >= 11 is 6.38. The molecule has 128 valence electrons. The fourth-order valence-electron chi connectivity index (χ4n) is 5.45. The van der Waals surface area contributed by atoms with Gasteiger partial charge in [0.15, 0.2) is 0 Å². The molecule has 2 nitrogen and oxygen atoms in total. The van der Waals surface area contributed by atoms with Gasteiger partial charge in [0.05, 0.1) is 0 Å². The minimum Gasteiger partial charge on any atom is -0.303 e. The topological polar surface area (TPSA) is 20.3 Å². The second-order valence-corrected chi connectivity index (χ2v) is 8.34. The lowest BCUT2D eigenvalue weighted by Gasteiger charge is -2.39. The first kappa shape index (κ1) is 15.6. The summed E-state index contributed by atoms with van der Waals surface area (Å²) in [6.07, 6.45) is 4.29. The first-order chi connectivity index (χ1) is 12.2. The maximum atomic E-state index is 11.1. The van der Waals surface area contributed by atoms with Gasteiger partial charge in [-0.15, -0.1) is 0 Å². The van der Waals surface area contributed by atoms with Gasteiger partial charge in [0.1, 0.15) is 6.29 Å². The van der Waals surface area contributed by atoms with Crippen LogP contribution in [0.25, 0.3) is 0 Å². The average Bonchev–Trinajstić information content (AvgIpc) is 3.14. The van der Waals surface area contributed by atoms with E-state index in [0.29, 0.717) is 5.92 Å². The van der Waals surface area contributed by atoms with Crippen LogP contribution in [0.2, 0.25) is 5.02 Å². The lowest BCUT2D eigenvalue weighted by Crippen LogP contribution is -2.43. The molecule has 1 heterocycles. The molecule has 1 saturated heterocycles. The highest BCUT2D eigenvalue weighted by Crippen LogP contribution is 2.60. The van der Waals surface area contributed by atoms with Gasteiger partial charge in [-0.2, -0.15) is 0 Å². The van der Waals surface area contributed by atoms with Crippen molar-refractivity contribution in [2.45, 2.75) is 30.6 Å². The van der Waals surface area contributed by atoms with Crippen LogP contribution in [-0.2, 0) is 10.2 Å². The largest absolute Gasteiger partial charge is 0.303 e. The van der Waals surface area contributed by atoms with Crippen molar-refractivity contribution in [2.24, 2.45) is 5.92 Å². The Morgan fingerprint density at radius 1 is 1.08 bits per heavy atom. The van der Waals surface area contributed by atoms with E-state index in [4.69, 9.17) is 11.6 Å². The van der Waals surface area contributed by atoms with E-state index in [9.17, 15) is 4.79 Å². The van der Waals surface area contributed by atoms with E-state index in [2.05, 4.69) is 41.3 Å². The predicted octanol–water partition coefficient (Wildman–Crippen LogP) is 4.39. The Morgan fingerprint density at radius 2 is 1.84 bits per heavy atom. The van der Waals surface area contributed by atoms with Crippen LogP contribution in [0.15, 0.2) is 42.5 Å². The lowest BCUT2D eigenvalue weighted by atomic mass is 9.74. The molecule has 5 rings (SSSR count). The Kier molecular flexibility index (Phi) is 3.55. The molecule has 2 bridgehead atoms. The van der Waals surface area contributed by atoms with Gasteiger partial charge in [0.25, 0.3) is 0 Å². The summed E-state index contributed by atoms with van der Waals surface area (Å²) in [5.74, 6) is 0.763. The molecule has 25 heavy (non-hydrogen) atoms. The Hall–Kier alpha value is -1.64. The van der Waals surface area contributed by atoms with E-state index in [1.54, 1.807) is 0 Å². The van der Waals surface area contributed by atoms with Crippen LogP contribution in [0, 0.1) is 5.92 Å². The number of aldehydes is 1. The van der Waals surface area contributed by atoms with Gasteiger partial charge < -0.3 is 9.69 Å². The summed E-state index contributed by atoms with van der Waals surface area (Å²) in [5.41, 5.74) is 5.95. The molecule has 0 aromatic heterocycles. The maximum absolute atomic E-state index is 11.1. The molecule has 1 aliphatic heterocycles. The number of hydrogen-bond acceptors (Lipinski definition) is 2. The molecule has 0 spiro atoms. The molecule has 2 unspecified atom stereocenters. The molecule has 2 aromatic carbocycles. The summed E-state index contributed by atoms with van der Waals surface area (Å²) in [6.45, 7) is 3.08. The third-order valence-corrected chi connectivity index (χ3v) is 6.86. The zero-order valence-corrected chi connectivity index (χ0v) is 15.0. The van der Waals surface area contributed by atoms with E-state index in [0.717, 1.165) is 50.2 Å². The van der Waals surface area contributed by atoms with Gasteiger partial charge in [-0.1, -0.05) is 41.9 Å². The van der Waals surface area contributed by atoms with Gasteiger partial charge in [0, 0.05) is 28.8 Å². The summed E-state index contributed by atoms with van der Waals surface area (Å²) < 4.78 is 0. The number of rotatable bonds is 3. The first-order valence-corrected chi connectivity index (χ1v) is 9.66. The van der Waals surface area contributed by atoms with Crippen molar-refractivity contribution in [3.63, 3.8) is 0 Å². The minimum absolute atomic E-state index is 0.0650. The summed E-state index contributed by atoms with van der Waals surface area (Å²) in [6, 6.07) is 15.4. The smallest absolute Gasteiger partial charge is 0.123 e. The second-order valence-electron chi connectivity index (χ2n) is 7.91. The zero-order valence-electron chi connectivity index (χ0n) is 14.2. The minimum atomic E-state index is 0.0650. The zero-order chi connectivity index (χ0) is 17.0. The SMILES string of the molecule is O=CC1CCN(CC23CC(c4ccccc42)c2ccc(Cl)cc23)CC1. The third kappa shape index (κ3) is 2.24. The number of likely N-dealkylation sites (tertiary alicyclic amines) is 1. The third-order valence-electron chi connectivity index (χ3n) is 6.63. The molecule has 2 aromatic rings. The number of hydrogen-bond donors (Lipinski definition) is 0. The van der Waals surface area contributed by atoms with Gasteiger partial charge in [-0.25, -0.2) is 0 Å². The van der Waals surface area contributed by atoms with Gasteiger partial charge >= 0.3 is 0 Å². The van der Waals surface area contributed by atoms with Crippen LogP contribution in [0.4, 0.5) is 0 Å². The van der Waals surface area contributed by atoms with E-state index in [1.165, 1.54) is 22.3 Å². The number of nitrogens with zero attached hydrogens (tertiary/aromatic N) is 1. The number of carbonyl (C=O) groups is 1. The number of halogens is 1. The first-order valence-electron chi connectivity index (χ1n) is 9.28. The van der Waals surface area contributed by atoms with Gasteiger partial charge in [-0.05, 0) is 66.7 Å². The second kappa shape index (κ2) is 5.69. The lowest BCUT2D eigenvalue weighted by molar-refractivity contribution is -0.112. The van der Waals surface area contributed by atoms with Crippen molar-refractivity contribution < 1.29 is 4.79 Å². The van der Waals surface area contributed by atoms with E-state index in [-0.39, 0.29) is 11.3 Å². The number of benzene rings is 2. The predicted molar refractivity (Wildman–Crippen MR) is 100 cm³/mol. The van der Waals surface area contributed by atoms with Crippen molar-refractivity contribution >= 4 is 17.9 Å². The Morgan fingerprint density at radius 3 is 2.64 bits per heavy atom. The molecule has 2 atom stereocenters. The standard InChI is InChI=1S/C22H22ClNO/c23-16-5-6-18-19-12-22(21(18)11-16,20-4-2-1-3-17(19)20)14-24-9-7-15(13-25)8-10-24/h1-6,11,13,15,19H,7-10,12,14H2. The number of fused-ring (bicyclic) bond motifs is 8. The summed E-state index contributed by atoms with van der Waals surface area (Å²) in [7, 11) is 0. The molecular weight excluding hydrogens is 330 g/mol. The number of carbonyl (C=O) groups excluding carboxylic acids is 1. The molecule has 1 fully saturated rings. The highest BCUT2D eigenvalue weighted by atomic mass is 35.5. The van der Waals surface area contributed by atoms with E-state index in [1.807, 2.05) is 6.07 Å².